The molecule has 0 saturated carbocycles. The largest absolute Gasteiger partial charge is 0.382 e. The molecule has 2 heterocycles. The van der Waals surface area contributed by atoms with E-state index in [1.807, 2.05) is 0 Å². The van der Waals surface area contributed by atoms with Crippen LogP contribution in [0.2, 0.25) is 5.02 Å². The Morgan fingerprint density at radius 2 is 1.94 bits per heavy atom. The van der Waals surface area contributed by atoms with Gasteiger partial charge in [0.1, 0.15) is 41.4 Å². The van der Waals surface area contributed by atoms with Crippen molar-refractivity contribution in [3.05, 3.63) is 89.0 Å². The molecule has 0 aliphatic carbocycles. The number of aliphatic hydroxyl groups is 1. The van der Waals surface area contributed by atoms with Gasteiger partial charge in [-0.15, -0.1) is 5.10 Å². The van der Waals surface area contributed by atoms with E-state index in [2.05, 4.69) is 20.4 Å². The van der Waals surface area contributed by atoms with Gasteiger partial charge in [0, 0.05) is 16.5 Å². The maximum Gasteiger partial charge on any atom is 0.150 e. The Labute approximate surface area is 179 Å². The fourth-order valence-corrected chi connectivity index (χ4v) is 3.51. The van der Waals surface area contributed by atoms with Crippen LogP contribution >= 0.6 is 11.6 Å². The molecule has 2 aromatic heterocycles. The third-order valence-corrected chi connectivity index (χ3v) is 5.33. The Morgan fingerprint density at radius 3 is 2.65 bits per heavy atom. The number of hydrogen-bond acceptors (Lipinski definition) is 5. The standard InChI is InChI=1S/C20H16ClF3N6O/c1-12(18-8-30(28-27-18)19-5-2-13(21)6-17(19)24)20(31,9-29-11-25-10-26-29)15-7-14(22)3-4-16(15)23/h2-8,10-12,31H,9H2,1H3/t12-,20+/m0/s1. The lowest BCUT2D eigenvalue weighted by molar-refractivity contribution is -0.0125. The van der Waals surface area contributed by atoms with E-state index in [1.165, 1.54) is 40.3 Å². The Bertz CT molecular complexity index is 1220. The van der Waals surface area contributed by atoms with Crippen LogP contribution in [0.1, 0.15) is 24.1 Å². The lowest BCUT2D eigenvalue weighted by Gasteiger charge is -2.33. The van der Waals surface area contributed by atoms with Crippen LogP contribution in [0, 0.1) is 17.5 Å². The van der Waals surface area contributed by atoms with Crippen LogP contribution in [-0.4, -0.2) is 34.9 Å². The average molecular weight is 449 g/mol. The lowest BCUT2D eigenvalue weighted by Crippen LogP contribution is -2.38. The summed E-state index contributed by atoms with van der Waals surface area (Å²) in [5.41, 5.74) is -1.94. The van der Waals surface area contributed by atoms with Crippen molar-refractivity contribution in [3.63, 3.8) is 0 Å². The summed E-state index contributed by atoms with van der Waals surface area (Å²) in [5, 5.41) is 23.7. The fourth-order valence-electron chi connectivity index (χ4n) is 3.35. The zero-order chi connectivity index (χ0) is 22.2. The van der Waals surface area contributed by atoms with E-state index in [-0.39, 0.29) is 28.5 Å². The molecule has 2 atom stereocenters. The van der Waals surface area contributed by atoms with Gasteiger partial charge in [0.25, 0.3) is 0 Å². The smallest absolute Gasteiger partial charge is 0.150 e. The Hall–Kier alpha value is -3.24. The molecular formula is C20H16ClF3N6O. The molecule has 0 amide bonds. The van der Waals surface area contributed by atoms with Crippen LogP contribution in [0.25, 0.3) is 5.69 Å². The molecule has 0 aliphatic heterocycles. The van der Waals surface area contributed by atoms with Crippen molar-refractivity contribution in [1.29, 1.82) is 0 Å². The van der Waals surface area contributed by atoms with E-state index < -0.39 is 29.0 Å². The van der Waals surface area contributed by atoms with E-state index in [0.29, 0.717) is 0 Å². The van der Waals surface area contributed by atoms with Crippen molar-refractivity contribution in [2.75, 3.05) is 0 Å². The van der Waals surface area contributed by atoms with Crippen molar-refractivity contribution in [2.24, 2.45) is 0 Å². The van der Waals surface area contributed by atoms with Crippen LogP contribution < -0.4 is 0 Å². The first-order valence-corrected chi connectivity index (χ1v) is 9.53. The van der Waals surface area contributed by atoms with Crippen LogP contribution in [0.4, 0.5) is 13.2 Å². The molecule has 160 valence electrons. The molecule has 0 aliphatic rings. The van der Waals surface area contributed by atoms with E-state index in [9.17, 15) is 18.3 Å². The quantitative estimate of drug-likeness (QED) is 0.487. The zero-order valence-electron chi connectivity index (χ0n) is 16.1. The number of benzene rings is 2. The lowest BCUT2D eigenvalue weighted by atomic mass is 9.80. The SMILES string of the molecule is C[C@@H](c1cn(-c2ccc(Cl)cc2F)nn1)[C@](O)(Cn1cncn1)c1cc(F)ccc1F. The highest BCUT2D eigenvalue weighted by Crippen LogP contribution is 2.39. The molecule has 2 aromatic carbocycles. The summed E-state index contributed by atoms with van der Waals surface area (Å²) >= 11 is 5.79. The predicted octanol–water partition coefficient (Wildman–Crippen LogP) is 3.62. The molecule has 4 rings (SSSR count). The predicted molar refractivity (Wildman–Crippen MR) is 105 cm³/mol. The third kappa shape index (κ3) is 4.04. The maximum atomic E-state index is 14.7. The van der Waals surface area contributed by atoms with Gasteiger partial charge in [-0.05, 0) is 36.4 Å². The molecule has 0 bridgehead atoms. The summed E-state index contributed by atoms with van der Waals surface area (Å²) in [6.45, 7) is 1.34. The van der Waals surface area contributed by atoms with Crippen LogP contribution in [0.3, 0.4) is 0 Å². The van der Waals surface area contributed by atoms with Crippen LogP contribution in [-0.2, 0) is 12.1 Å². The van der Waals surface area contributed by atoms with E-state index in [0.717, 1.165) is 24.3 Å². The highest BCUT2D eigenvalue weighted by atomic mass is 35.5. The number of rotatable bonds is 6. The molecular weight excluding hydrogens is 433 g/mol. The second kappa shape index (κ2) is 8.12. The third-order valence-electron chi connectivity index (χ3n) is 5.09. The zero-order valence-corrected chi connectivity index (χ0v) is 16.9. The van der Waals surface area contributed by atoms with Crippen molar-refractivity contribution >= 4 is 11.6 Å². The van der Waals surface area contributed by atoms with Crippen molar-refractivity contribution in [1.82, 2.24) is 29.8 Å². The summed E-state index contributed by atoms with van der Waals surface area (Å²) in [4.78, 5) is 3.82. The van der Waals surface area contributed by atoms with E-state index in [1.54, 1.807) is 6.92 Å². The average Bonchev–Trinajstić information content (AvgIpc) is 3.41. The molecule has 31 heavy (non-hydrogen) atoms. The van der Waals surface area contributed by atoms with Gasteiger partial charge in [-0.1, -0.05) is 23.7 Å². The minimum Gasteiger partial charge on any atom is -0.382 e. The number of nitrogens with zero attached hydrogens (tertiary/aromatic N) is 6. The van der Waals surface area contributed by atoms with Gasteiger partial charge in [-0.25, -0.2) is 27.5 Å². The summed E-state index contributed by atoms with van der Waals surface area (Å²) in [7, 11) is 0. The van der Waals surface area contributed by atoms with E-state index >= 15 is 0 Å². The van der Waals surface area contributed by atoms with Gasteiger partial charge >= 0.3 is 0 Å². The molecule has 0 spiro atoms. The summed E-state index contributed by atoms with van der Waals surface area (Å²) < 4.78 is 45.3. The van der Waals surface area contributed by atoms with Crippen molar-refractivity contribution < 1.29 is 18.3 Å². The summed E-state index contributed by atoms with van der Waals surface area (Å²) in [6, 6.07) is 6.86. The maximum absolute atomic E-state index is 14.7. The monoisotopic (exact) mass is 448 g/mol. The molecule has 1 N–H and O–H groups in total. The Morgan fingerprint density at radius 1 is 1.13 bits per heavy atom. The Balaban J connectivity index is 1.77. The first-order valence-electron chi connectivity index (χ1n) is 9.16. The van der Waals surface area contributed by atoms with E-state index in [4.69, 9.17) is 11.6 Å². The first kappa shape index (κ1) is 21.0. The minimum atomic E-state index is -1.97. The van der Waals surface area contributed by atoms with Crippen molar-refractivity contribution in [3.8, 4) is 5.69 Å². The first-order chi connectivity index (χ1) is 14.8. The number of halogens is 4. The number of aromatic nitrogens is 6. The van der Waals surface area contributed by atoms with Gasteiger partial charge in [-0.3, -0.25) is 0 Å². The van der Waals surface area contributed by atoms with Gasteiger partial charge in [-0.2, -0.15) is 5.10 Å². The molecule has 7 nitrogen and oxygen atoms in total. The topological polar surface area (TPSA) is 81.6 Å². The van der Waals surface area contributed by atoms with Gasteiger partial charge in [0.05, 0.1) is 18.4 Å². The van der Waals surface area contributed by atoms with Crippen molar-refractivity contribution in [2.45, 2.75) is 25.0 Å². The van der Waals surface area contributed by atoms with Crippen LogP contribution in [0.15, 0.2) is 55.2 Å². The molecule has 11 heteroatoms. The highest BCUT2D eigenvalue weighted by Gasteiger charge is 2.41. The van der Waals surface area contributed by atoms with Gasteiger partial charge < -0.3 is 5.11 Å². The fraction of sp³-hybridized carbons (Fsp3) is 0.200. The molecule has 4 aromatic rings. The number of hydrogen-bond donors (Lipinski definition) is 1. The normalized spacial score (nSPS) is 14.4. The van der Waals surface area contributed by atoms with Gasteiger partial charge in [0.15, 0.2) is 0 Å². The molecule has 0 radical (unpaired) electrons. The molecule has 0 unspecified atom stereocenters. The summed E-state index contributed by atoms with van der Waals surface area (Å²) in [5.74, 6) is -3.03. The molecule has 0 saturated heterocycles. The second-order valence-electron chi connectivity index (χ2n) is 7.05. The second-order valence-corrected chi connectivity index (χ2v) is 7.48. The van der Waals surface area contributed by atoms with Gasteiger partial charge in [0.2, 0.25) is 0 Å². The molecule has 0 fully saturated rings. The van der Waals surface area contributed by atoms with Crippen LogP contribution in [0.5, 0.6) is 0 Å². The summed E-state index contributed by atoms with van der Waals surface area (Å²) in [6.07, 6.45) is 4.00. The Kier molecular flexibility index (Phi) is 5.50. The minimum absolute atomic E-state index is 0.0899. The highest BCUT2D eigenvalue weighted by molar-refractivity contribution is 6.30.